The molecule has 1 saturated heterocycles. The van der Waals surface area contributed by atoms with Crippen LogP contribution in [0.5, 0.6) is 0 Å². The summed E-state index contributed by atoms with van der Waals surface area (Å²) in [6.45, 7) is 4.34. The van der Waals surface area contributed by atoms with E-state index in [9.17, 15) is 4.79 Å². The van der Waals surface area contributed by atoms with Gasteiger partial charge in [-0.1, -0.05) is 18.5 Å². The molecule has 1 unspecified atom stereocenters. The molecule has 1 atom stereocenters. The summed E-state index contributed by atoms with van der Waals surface area (Å²) in [5, 5.41) is 9.93. The van der Waals surface area contributed by atoms with Crippen molar-refractivity contribution < 1.29 is 9.32 Å². The van der Waals surface area contributed by atoms with E-state index in [0.717, 1.165) is 38.8 Å². The molecule has 0 saturated carbocycles. The fraction of sp³-hybridized carbons (Fsp3) is 0.692. The zero-order valence-electron chi connectivity index (χ0n) is 10.9. The summed E-state index contributed by atoms with van der Waals surface area (Å²) in [5.74, 6) is 0.826. The number of nitrogens with one attached hydrogen (secondary N) is 2. The Hall–Kier alpha value is -1.36. The minimum atomic E-state index is -0.243. The van der Waals surface area contributed by atoms with Gasteiger partial charge in [-0.15, -0.1) is 0 Å². The van der Waals surface area contributed by atoms with Crippen molar-refractivity contribution in [2.45, 2.75) is 39.2 Å². The molecule has 0 radical (unpaired) electrons. The van der Waals surface area contributed by atoms with Crippen LogP contribution in [-0.4, -0.2) is 24.2 Å². The van der Waals surface area contributed by atoms with E-state index in [1.807, 2.05) is 0 Å². The van der Waals surface area contributed by atoms with Crippen LogP contribution >= 0.6 is 0 Å². The Kier molecular flexibility index (Phi) is 4.36. The lowest BCUT2D eigenvalue weighted by Crippen LogP contribution is -2.50. The van der Waals surface area contributed by atoms with E-state index in [1.165, 1.54) is 0 Å². The molecule has 2 rings (SSSR count). The van der Waals surface area contributed by atoms with Crippen molar-refractivity contribution in [3.63, 3.8) is 0 Å². The molecule has 0 aromatic carbocycles. The highest BCUT2D eigenvalue weighted by molar-refractivity contribution is 5.83. The highest BCUT2D eigenvalue weighted by atomic mass is 16.5. The van der Waals surface area contributed by atoms with Gasteiger partial charge in [-0.05, 0) is 25.8 Å². The van der Waals surface area contributed by atoms with Crippen LogP contribution in [0.1, 0.15) is 38.4 Å². The molecule has 1 aromatic heterocycles. The summed E-state index contributed by atoms with van der Waals surface area (Å²) in [4.78, 5) is 12.4. The number of hydrogen-bond acceptors (Lipinski definition) is 4. The van der Waals surface area contributed by atoms with Gasteiger partial charge < -0.3 is 15.2 Å². The van der Waals surface area contributed by atoms with E-state index >= 15 is 0 Å². The summed E-state index contributed by atoms with van der Waals surface area (Å²) in [6, 6.07) is 1.77. The predicted molar refractivity (Wildman–Crippen MR) is 67.8 cm³/mol. The quantitative estimate of drug-likeness (QED) is 0.831. The van der Waals surface area contributed by atoms with Gasteiger partial charge in [-0.2, -0.15) is 0 Å². The van der Waals surface area contributed by atoms with Crippen LogP contribution in [-0.2, 0) is 11.3 Å². The molecule has 1 amide bonds. The van der Waals surface area contributed by atoms with Gasteiger partial charge in [0.25, 0.3) is 0 Å². The van der Waals surface area contributed by atoms with Crippen molar-refractivity contribution in [1.82, 2.24) is 15.8 Å². The zero-order valence-corrected chi connectivity index (χ0v) is 10.9. The molecule has 5 heteroatoms. The third-order valence-electron chi connectivity index (χ3n) is 3.60. The van der Waals surface area contributed by atoms with Crippen LogP contribution in [0.3, 0.4) is 0 Å². The van der Waals surface area contributed by atoms with Crippen LogP contribution < -0.4 is 10.6 Å². The van der Waals surface area contributed by atoms with E-state index in [0.29, 0.717) is 12.3 Å². The molecule has 5 nitrogen and oxygen atoms in total. The molecular weight excluding hydrogens is 230 g/mol. The number of rotatable bonds is 5. The van der Waals surface area contributed by atoms with E-state index < -0.39 is 0 Å². The van der Waals surface area contributed by atoms with Gasteiger partial charge in [-0.3, -0.25) is 4.79 Å². The van der Waals surface area contributed by atoms with Gasteiger partial charge >= 0.3 is 0 Å². The minimum Gasteiger partial charge on any atom is -0.360 e. The molecule has 1 aliphatic heterocycles. The summed E-state index contributed by atoms with van der Waals surface area (Å²) in [5.41, 5.74) is -0.243. The minimum absolute atomic E-state index is 0.132. The predicted octanol–water partition coefficient (Wildman–Crippen LogP) is 1.46. The van der Waals surface area contributed by atoms with Crippen LogP contribution in [0.25, 0.3) is 0 Å². The Morgan fingerprint density at radius 1 is 1.67 bits per heavy atom. The monoisotopic (exact) mass is 251 g/mol. The third-order valence-corrected chi connectivity index (χ3v) is 3.60. The highest BCUT2D eigenvalue weighted by Crippen LogP contribution is 2.31. The fourth-order valence-corrected chi connectivity index (χ4v) is 2.66. The number of hydrogen-bond donors (Lipinski definition) is 2. The molecule has 100 valence electrons. The lowest BCUT2D eigenvalue weighted by molar-refractivity contribution is -0.132. The van der Waals surface area contributed by atoms with Gasteiger partial charge in [0.1, 0.15) is 0 Å². The van der Waals surface area contributed by atoms with Gasteiger partial charge in [0, 0.05) is 12.6 Å². The van der Waals surface area contributed by atoms with E-state index in [-0.39, 0.29) is 11.3 Å². The number of carbonyl (C=O) groups excluding carboxylic acids is 1. The summed E-state index contributed by atoms with van der Waals surface area (Å²) in [6.07, 6.45) is 5.58. The maximum absolute atomic E-state index is 12.4. The van der Waals surface area contributed by atoms with Crippen molar-refractivity contribution in [3.05, 3.63) is 18.0 Å². The Labute approximate surface area is 107 Å². The fourth-order valence-electron chi connectivity index (χ4n) is 2.66. The van der Waals surface area contributed by atoms with E-state index in [1.54, 1.807) is 12.3 Å². The zero-order chi connectivity index (χ0) is 12.8. The SMILES string of the molecule is CCCC1(C(=O)NCc2ccno2)CCCNC1. The maximum atomic E-state index is 12.4. The Morgan fingerprint density at radius 2 is 2.56 bits per heavy atom. The standard InChI is InChI=1S/C13H21N3O2/c1-2-5-13(6-3-7-14-10-13)12(17)15-9-11-4-8-16-18-11/h4,8,14H,2-3,5-7,9-10H2,1H3,(H,15,17). The normalized spacial score (nSPS) is 23.8. The van der Waals surface area contributed by atoms with Crippen LogP contribution in [0.2, 0.25) is 0 Å². The van der Waals surface area contributed by atoms with Crippen LogP contribution in [0.15, 0.2) is 16.8 Å². The second kappa shape index (κ2) is 6.00. The summed E-state index contributed by atoms with van der Waals surface area (Å²) in [7, 11) is 0. The molecule has 1 fully saturated rings. The van der Waals surface area contributed by atoms with Crippen LogP contribution in [0.4, 0.5) is 0 Å². The molecule has 0 aliphatic carbocycles. The first-order valence-corrected chi connectivity index (χ1v) is 6.65. The third kappa shape index (κ3) is 2.90. The number of amides is 1. The lowest BCUT2D eigenvalue weighted by atomic mass is 9.76. The Morgan fingerprint density at radius 3 is 3.17 bits per heavy atom. The van der Waals surface area contributed by atoms with Crippen molar-refractivity contribution in [3.8, 4) is 0 Å². The first-order valence-electron chi connectivity index (χ1n) is 6.65. The van der Waals surface area contributed by atoms with Gasteiger partial charge in [0.2, 0.25) is 5.91 Å². The Balaban J connectivity index is 1.95. The van der Waals surface area contributed by atoms with Crippen molar-refractivity contribution in [1.29, 1.82) is 0 Å². The summed E-state index contributed by atoms with van der Waals surface area (Å²) < 4.78 is 4.98. The molecule has 2 N–H and O–H groups in total. The molecule has 0 bridgehead atoms. The highest BCUT2D eigenvalue weighted by Gasteiger charge is 2.38. The molecule has 1 aromatic rings. The van der Waals surface area contributed by atoms with Gasteiger partial charge in [0.15, 0.2) is 5.76 Å². The first-order chi connectivity index (χ1) is 8.77. The molecule has 1 aliphatic rings. The van der Waals surface area contributed by atoms with E-state index in [4.69, 9.17) is 4.52 Å². The van der Waals surface area contributed by atoms with Crippen molar-refractivity contribution >= 4 is 5.91 Å². The number of nitrogens with zero attached hydrogens (tertiary/aromatic N) is 1. The average molecular weight is 251 g/mol. The molecule has 2 heterocycles. The lowest BCUT2D eigenvalue weighted by Gasteiger charge is -2.36. The van der Waals surface area contributed by atoms with E-state index in [2.05, 4.69) is 22.7 Å². The maximum Gasteiger partial charge on any atom is 0.227 e. The number of aromatic nitrogens is 1. The average Bonchev–Trinajstić information content (AvgIpc) is 2.90. The van der Waals surface area contributed by atoms with Gasteiger partial charge in [0.05, 0.1) is 18.2 Å². The van der Waals surface area contributed by atoms with Crippen molar-refractivity contribution in [2.75, 3.05) is 13.1 Å². The summed E-state index contributed by atoms with van der Waals surface area (Å²) >= 11 is 0. The second-order valence-corrected chi connectivity index (χ2v) is 4.97. The van der Waals surface area contributed by atoms with Crippen molar-refractivity contribution in [2.24, 2.45) is 5.41 Å². The Bertz CT molecular complexity index is 364. The van der Waals surface area contributed by atoms with Gasteiger partial charge in [-0.25, -0.2) is 0 Å². The number of carbonyl (C=O) groups is 1. The second-order valence-electron chi connectivity index (χ2n) is 4.97. The first kappa shape index (κ1) is 13.1. The number of piperidine rings is 1. The van der Waals surface area contributed by atoms with Crippen LogP contribution in [0, 0.1) is 5.41 Å². The molecule has 0 spiro atoms. The molecular formula is C13H21N3O2. The molecule has 18 heavy (non-hydrogen) atoms. The topological polar surface area (TPSA) is 67.2 Å². The largest absolute Gasteiger partial charge is 0.360 e. The smallest absolute Gasteiger partial charge is 0.227 e.